The van der Waals surface area contributed by atoms with Gasteiger partial charge in [0, 0.05) is 11.6 Å². The first-order valence-electron chi connectivity index (χ1n) is 7.90. The molecule has 0 aliphatic carbocycles. The molecule has 0 radical (unpaired) electrons. The van der Waals surface area contributed by atoms with E-state index in [-0.39, 0.29) is 11.8 Å². The van der Waals surface area contributed by atoms with E-state index in [1.165, 1.54) is 0 Å². The van der Waals surface area contributed by atoms with Crippen LogP contribution in [0.4, 0.5) is 4.79 Å². The van der Waals surface area contributed by atoms with E-state index in [1.807, 2.05) is 45.9 Å². The van der Waals surface area contributed by atoms with E-state index >= 15 is 0 Å². The SMILES string of the molecule is CC1CCCC(C(=O)c2ccccc2)N1C(=O)OC(C)(C)C. The van der Waals surface area contributed by atoms with E-state index in [2.05, 4.69) is 0 Å². The van der Waals surface area contributed by atoms with Crippen molar-refractivity contribution in [2.24, 2.45) is 0 Å². The summed E-state index contributed by atoms with van der Waals surface area (Å²) in [6, 6.07) is 8.76. The molecule has 0 bridgehead atoms. The zero-order chi connectivity index (χ0) is 16.3. The lowest BCUT2D eigenvalue weighted by Crippen LogP contribution is -2.53. The van der Waals surface area contributed by atoms with Crippen molar-refractivity contribution in [3.05, 3.63) is 35.9 Å². The van der Waals surface area contributed by atoms with Crippen LogP contribution in [-0.2, 0) is 4.74 Å². The highest BCUT2D eigenvalue weighted by Gasteiger charge is 2.38. The third kappa shape index (κ3) is 3.87. The first kappa shape index (κ1) is 16.5. The van der Waals surface area contributed by atoms with Crippen LogP contribution in [0, 0.1) is 0 Å². The fourth-order valence-electron chi connectivity index (χ4n) is 2.87. The van der Waals surface area contributed by atoms with Crippen molar-refractivity contribution in [1.82, 2.24) is 4.90 Å². The highest BCUT2D eigenvalue weighted by molar-refractivity contribution is 6.01. The van der Waals surface area contributed by atoms with Crippen LogP contribution in [-0.4, -0.2) is 34.5 Å². The van der Waals surface area contributed by atoms with Crippen LogP contribution < -0.4 is 0 Å². The van der Waals surface area contributed by atoms with Gasteiger partial charge in [-0.15, -0.1) is 0 Å². The van der Waals surface area contributed by atoms with E-state index < -0.39 is 17.7 Å². The van der Waals surface area contributed by atoms with E-state index in [4.69, 9.17) is 4.74 Å². The summed E-state index contributed by atoms with van der Waals surface area (Å²) in [6.45, 7) is 7.50. The van der Waals surface area contributed by atoms with Gasteiger partial charge in [-0.3, -0.25) is 9.69 Å². The summed E-state index contributed by atoms with van der Waals surface area (Å²) in [6.07, 6.45) is 2.15. The topological polar surface area (TPSA) is 46.6 Å². The summed E-state index contributed by atoms with van der Waals surface area (Å²) >= 11 is 0. The number of carbonyl (C=O) groups excluding carboxylic acids is 2. The van der Waals surface area contributed by atoms with Crippen LogP contribution in [0.5, 0.6) is 0 Å². The first-order chi connectivity index (χ1) is 10.3. The van der Waals surface area contributed by atoms with Crippen LogP contribution >= 0.6 is 0 Å². The number of hydrogen-bond donors (Lipinski definition) is 0. The fraction of sp³-hybridized carbons (Fsp3) is 0.556. The summed E-state index contributed by atoms with van der Waals surface area (Å²) in [4.78, 5) is 26.9. The van der Waals surface area contributed by atoms with Crippen molar-refractivity contribution in [1.29, 1.82) is 0 Å². The molecule has 2 rings (SSSR count). The van der Waals surface area contributed by atoms with E-state index in [1.54, 1.807) is 17.0 Å². The lowest BCUT2D eigenvalue weighted by Gasteiger charge is -2.40. The van der Waals surface area contributed by atoms with Crippen molar-refractivity contribution < 1.29 is 14.3 Å². The molecule has 0 N–H and O–H groups in total. The van der Waals surface area contributed by atoms with Gasteiger partial charge in [0.05, 0.1) is 6.04 Å². The summed E-state index contributed by atoms with van der Waals surface area (Å²) in [5.41, 5.74) is 0.0874. The smallest absolute Gasteiger partial charge is 0.411 e. The Morgan fingerprint density at radius 3 is 2.36 bits per heavy atom. The molecule has 2 atom stereocenters. The second-order valence-corrected chi connectivity index (χ2v) is 6.91. The van der Waals surface area contributed by atoms with Gasteiger partial charge in [0.25, 0.3) is 0 Å². The number of piperidine rings is 1. The molecule has 1 heterocycles. The number of ketones is 1. The number of likely N-dealkylation sites (tertiary alicyclic amines) is 1. The van der Waals surface area contributed by atoms with Gasteiger partial charge in [0.1, 0.15) is 5.60 Å². The predicted molar refractivity (Wildman–Crippen MR) is 85.9 cm³/mol. The molecule has 1 saturated heterocycles. The number of nitrogens with zero attached hydrogens (tertiary/aromatic N) is 1. The maximum atomic E-state index is 12.8. The van der Waals surface area contributed by atoms with Crippen molar-refractivity contribution in [2.45, 2.75) is 64.6 Å². The van der Waals surface area contributed by atoms with E-state index in [0.29, 0.717) is 12.0 Å². The monoisotopic (exact) mass is 303 g/mol. The van der Waals surface area contributed by atoms with Gasteiger partial charge in [-0.2, -0.15) is 0 Å². The molecule has 1 aliphatic heterocycles. The molecule has 1 amide bonds. The summed E-state index contributed by atoms with van der Waals surface area (Å²) in [7, 11) is 0. The number of Topliss-reactive ketones (excluding diaryl/α,β-unsaturated/α-hetero) is 1. The molecule has 1 aliphatic rings. The Bertz CT molecular complexity index is 533. The molecule has 1 aromatic carbocycles. The number of hydrogen-bond acceptors (Lipinski definition) is 3. The highest BCUT2D eigenvalue weighted by Crippen LogP contribution is 2.27. The average molecular weight is 303 g/mol. The molecule has 4 heteroatoms. The molecule has 1 aromatic rings. The summed E-state index contributed by atoms with van der Waals surface area (Å²) in [5, 5.41) is 0. The Hall–Kier alpha value is -1.84. The Balaban J connectivity index is 2.23. The molecular formula is C18H25NO3. The Morgan fingerprint density at radius 1 is 1.14 bits per heavy atom. The van der Waals surface area contributed by atoms with Gasteiger partial charge in [-0.25, -0.2) is 4.79 Å². The molecule has 1 fully saturated rings. The molecule has 0 saturated carbocycles. The number of benzene rings is 1. The van der Waals surface area contributed by atoms with Crippen molar-refractivity contribution in [2.75, 3.05) is 0 Å². The van der Waals surface area contributed by atoms with Crippen LogP contribution in [0.15, 0.2) is 30.3 Å². The molecule has 0 aromatic heterocycles. The van der Waals surface area contributed by atoms with Gasteiger partial charge < -0.3 is 4.74 Å². The molecule has 22 heavy (non-hydrogen) atoms. The number of rotatable bonds is 2. The predicted octanol–water partition coefficient (Wildman–Crippen LogP) is 4.05. The normalized spacial score (nSPS) is 22.3. The largest absolute Gasteiger partial charge is 0.444 e. The first-order valence-corrected chi connectivity index (χ1v) is 7.90. The fourth-order valence-corrected chi connectivity index (χ4v) is 2.87. The van der Waals surface area contributed by atoms with Crippen LogP contribution in [0.2, 0.25) is 0 Å². The minimum absolute atomic E-state index is 0.00184. The zero-order valence-corrected chi connectivity index (χ0v) is 13.8. The third-order valence-corrected chi connectivity index (χ3v) is 3.88. The van der Waals surface area contributed by atoms with Gasteiger partial charge in [0.2, 0.25) is 0 Å². The minimum Gasteiger partial charge on any atom is -0.444 e. The van der Waals surface area contributed by atoms with Crippen molar-refractivity contribution in [3.63, 3.8) is 0 Å². The average Bonchev–Trinajstić information content (AvgIpc) is 2.45. The Labute approximate surface area is 132 Å². The summed E-state index contributed by atoms with van der Waals surface area (Å²) < 4.78 is 5.50. The van der Waals surface area contributed by atoms with E-state index in [0.717, 1.165) is 12.8 Å². The molecule has 2 unspecified atom stereocenters. The quantitative estimate of drug-likeness (QED) is 0.774. The standard InChI is InChI=1S/C18H25NO3/c1-13-9-8-12-15(16(20)14-10-6-5-7-11-14)19(13)17(21)22-18(2,3)4/h5-7,10-11,13,15H,8-9,12H2,1-4H3. The van der Waals surface area contributed by atoms with Crippen LogP contribution in [0.3, 0.4) is 0 Å². The van der Waals surface area contributed by atoms with Crippen molar-refractivity contribution >= 4 is 11.9 Å². The number of ether oxygens (including phenoxy) is 1. The van der Waals surface area contributed by atoms with Crippen LogP contribution in [0.1, 0.15) is 57.3 Å². The Kier molecular flexibility index (Phi) is 4.89. The maximum Gasteiger partial charge on any atom is 0.411 e. The zero-order valence-electron chi connectivity index (χ0n) is 13.8. The highest BCUT2D eigenvalue weighted by atomic mass is 16.6. The second-order valence-electron chi connectivity index (χ2n) is 6.91. The van der Waals surface area contributed by atoms with Gasteiger partial charge >= 0.3 is 6.09 Å². The molecule has 4 nitrogen and oxygen atoms in total. The molecule has 0 spiro atoms. The molecular weight excluding hydrogens is 278 g/mol. The van der Waals surface area contributed by atoms with Gasteiger partial charge in [-0.1, -0.05) is 30.3 Å². The Morgan fingerprint density at radius 2 is 1.77 bits per heavy atom. The third-order valence-electron chi connectivity index (χ3n) is 3.88. The maximum absolute atomic E-state index is 12.8. The lowest BCUT2D eigenvalue weighted by molar-refractivity contribution is -0.00101. The summed E-state index contributed by atoms with van der Waals surface area (Å²) in [5.74, 6) is -0.00184. The van der Waals surface area contributed by atoms with Gasteiger partial charge in [0.15, 0.2) is 5.78 Å². The van der Waals surface area contributed by atoms with Crippen LogP contribution in [0.25, 0.3) is 0 Å². The molecule has 120 valence electrons. The number of amides is 1. The lowest BCUT2D eigenvalue weighted by atomic mass is 9.91. The minimum atomic E-state index is -0.561. The van der Waals surface area contributed by atoms with Crippen molar-refractivity contribution in [3.8, 4) is 0 Å². The number of carbonyl (C=O) groups is 2. The van der Waals surface area contributed by atoms with E-state index in [9.17, 15) is 9.59 Å². The van der Waals surface area contributed by atoms with Gasteiger partial charge in [-0.05, 0) is 47.0 Å². The second kappa shape index (κ2) is 6.51.